The molecular weight excluding hydrogens is 318 g/mol. The first-order chi connectivity index (χ1) is 11.0. The smallest absolute Gasteiger partial charge is 0.342 e. The molecule has 0 saturated heterocycles. The van der Waals surface area contributed by atoms with Crippen molar-refractivity contribution in [1.29, 1.82) is 0 Å². The van der Waals surface area contributed by atoms with Crippen molar-refractivity contribution < 1.29 is 19.1 Å². The van der Waals surface area contributed by atoms with E-state index in [1.807, 2.05) is 0 Å². The van der Waals surface area contributed by atoms with Gasteiger partial charge >= 0.3 is 5.97 Å². The highest BCUT2D eigenvalue weighted by molar-refractivity contribution is 6.30. The lowest BCUT2D eigenvalue weighted by Crippen LogP contribution is -2.30. The Kier molecular flexibility index (Phi) is 5.60. The third kappa shape index (κ3) is 4.47. The first kappa shape index (κ1) is 16.8. The summed E-state index contributed by atoms with van der Waals surface area (Å²) in [5, 5.41) is 3.22. The normalized spacial score (nSPS) is 11.4. The summed E-state index contributed by atoms with van der Waals surface area (Å²) in [5.41, 5.74) is 0.834. The number of nitrogens with one attached hydrogen (secondary N) is 1. The van der Waals surface area contributed by atoms with E-state index in [2.05, 4.69) is 5.32 Å². The van der Waals surface area contributed by atoms with Gasteiger partial charge in [0.25, 0.3) is 5.91 Å². The first-order valence-electron chi connectivity index (χ1n) is 6.91. The Bertz CT molecular complexity index is 700. The first-order valence-corrected chi connectivity index (χ1v) is 7.29. The maximum atomic E-state index is 12.1. The van der Waals surface area contributed by atoms with E-state index in [4.69, 9.17) is 21.1 Å². The van der Waals surface area contributed by atoms with Gasteiger partial charge in [-0.15, -0.1) is 0 Å². The molecule has 2 aromatic rings. The Balaban J connectivity index is 2.00. The van der Waals surface area contributed by atoms with E-state index in [9.17, 15) is 9.59 Å². The summed E-state index contributed by atoms with van der Waals surface area (Å²) in [7, 11) is 1.46. The van der Waals surface area contributed by atoms with Gasteiger partial charge in [-0.05, 0) is 43.3 Å². The van der Waals surface area contributed by atoms with E-state index in [1.54, 1.807) is 48.5 Å². The Morgan fingerprint density at radius 1 is 1.09 bits per heavy atom. The maximum Gasteiger partial charge on any atom is 0.342 e. The highest BCUT2D eigenvalue weighted by Crippen LogP contribution is 2.19. The van der Waals surface area contributed by atoms with Crippen LogP contribution >= 0.6 is 11.6 Å². The number of amides is 1. The molecule has 0 saturated carbocycles. The number of hydrogen-bond acceptors (Lipinski definition) is 4. The van der Waals surface area contributed by atoms with Crippen LogP contribution < -0.4 is 10.1 Å². The number of para-hydroxylation sites is 1. The largest absolute Gasteiger partial charge is 0.496 e. The van der Waals surface area contributed by atoms with Gasteiger partial charge in [0.05, 0.1) is 7.11 Å². The molecular formula is C17H16ClNO4. The van der Waals surface area contributed by atoms with Gasteiger partial charge in [0.15, 0.2) is 6.10 Å². The number of benzene rings is 2. The zero-order valence-electron chi connectivity index (χ0n) is 12.7. The number of carbonyl (C=O) groups excluding carboxylic acids is 2. The lowest BCUT2D eigenvalue weighted by atomic mass is 10.2. The molecule has 0 aliphatic carbocycles. The summed E-state index contributed by atoms with van der Waals surface area (Å²) in [5.74, 6) is -0.667. The molecule has 1 amide bonds. The fourth-order valence-electron chi connectivity index (χ4n) is 1.87. The molecule has 0 aromatic heterocycles. The maximum absolute atomic E-state index is 12.1. The molecule has 0 unspecified atom stereocenters. The molecule has 0 radical (unpaired) electrons. The number of methoxy groups -OCH3 is 1. The monoisotopic (exact) mass is 333 g/mol. The SMILES string of the molecule is COc1ccccc1C(=O)O[C@H](C)C(=O)Nc1ccc(Cl)cc1. The van der Waals surface area contributed by atoms with Crippen LogP contribution in [0.1, 0.15) is 17.3 Å². The summed E-state index contributed by atoms with van der Waals surface area (Å²) in [6.07, 6.45) is -0.955. The summed E-state index contributed by atoms with van der Waals surface area (Å²) in [6, 6.07) is 13.3. The number of anilines is 1. The molecule has 23 heavy (non-hydrogen) atoms. The van der Waals surface area contributed by atoms with Crippen LogP contribution in [0.25, 0.3) is 0 Å². The molecule has 0 aliphatic rings. The van der Waals surface area contributed by atoms with E-state index in [1.165, 1.54) is 14.0 Å². The van der Waals surface area contributed by atoms with Crippen molar-refractivity contribution in [3.63, 3.8) is 0 Å². The zero-order chi connectivity index (χ0) is 16.8. The van der Waals surface area contributed by atoms with Crippen molar-refractivity contribution in [2.24, 2.45) is 0 Å². The van der Waals surface area contributed by atoms with Gasteiger partial charge in [0.1, 0.15) is 11.3 Å². The van der Waals surface area contributed by atoms with Gasteiger partial charge in [0, 0.05) is 10.7 Å². The molecule has 0 heterocycles. The highest BCUT2D eigenvalue weighted by atomic mass is 35.5. The van der Waals surface area contributed by atoms with Crippen LogP contribution in [0.4, 0.5) is 5.69 Å². The summed E-state index contributed by atoms with van der Waals surface area (Å²) < 4.78 is 10.3. The van der Waals surface area contributed by atoms with Crippen LogP contribution in [0, 0.1) is 0 Å². The molecule has 120 valence electrons. The van der Waals surface area contributed by atoms with Gasteiger partial charge in [-0.2, -0.15) is 0 Å². The van der Waals surface area contributed by atoms with Crippen LogP contribution in [0.15, 0.2) is 48.5 Å². The van der Waals surface area contributed by atoms with E-state index in [0.29, 0.717) is 16.5 Å². The lowest BCUT2D eigenvalue weighted by Gasteiger charge is -2.14. The number of hydrogen-bond donors (Lipinski definition) is 1. The van der Waals surface area contributed by atoms with Gasteiger partial charge in [-0.1, -0.05) is 23.7 Å². The molecule has 0 fully saturated rings. The number of esters is 1. The molecule has 2 rings (SSSR count). The molecule has 0 bridgehead atoms. The number of carbonyl (C=O) groups is 2. The Morgan fingerprint density at radius 3 is 2.39 bits per heavy atom. The van der Waals surface area contributed by atoms with Crippen LogP contribution in [0.3, 0.4) is 0 Å². The van der Waals surface area contributed by atoms with E-state index in [0.717, 1.165) is 0 Å². The summed E-state index contributed by atoms with van der Waals surface area (Å²) in [4.78, 5) is 24.2. The van der Waals surface area contributed by atoms with Crippen molar-refractivity contribution in [3.8, 4) is 5.75 Å². The van der Waals surface area contributed by atoms with Gasteiger partial charge < -0.3 is 14.8 Å². The average molecular weight is 334 g/mol. The molecule has 5 nitrogen and oxygen atoms in total. The van der Waals surface area contributed by atoms with Gasteiger partial charge in [0.2, 0.25) is 0 Å². The number of rotatable bonds is 5. The van der Waals surface area contributed by atoms with Crippen LogP contribution in [-0.2, 0) is 9.53 Å². The molecule has 0 spiro atoms. The van der Waals surface area contributed by atoms with E-state index < -0.39 is 18.0 Å². The number of ether oxygens (including phenoxy) is 2. The van der Waals surface area contributed by atoms with Gasteiger partial charge in [-0.25, -0.2) is 4.79 Å². The molecule has 1 N–H and O–H groups in total. The fraction of sp³-hybridized carbons (Fsp3) is 0.176. The van der Waals surface area contributed by atoms with Crippen molar-refractivity contribution >= 4 is 29.2 Å². The topological polar surface area (TPSA) is 64.6 Å². The second kappa shape index (κ2) is 7.65. The molecule has 6 heteroatoms. The lowest BCUT2D eigenvalue weighted by molar-refractivity contribution is -0.123. The minimum atomic E-state index is -0.955. The van der Waals surface area contributed by atoms with Crippen LogP contribution in [0.5, 0.6) is 5.75 Å². The quantitative estimate of drug-likeness (QED) is 0.850. The van der Waals surface area contributed by atoms with Crippen molar-refractivity contribution in [1.82, 2.24) is 0 Å². The van der Waals surface area contributed by atoms with Crippen molar-refractivity contribution in [2.75, 3.05) is 12.4 Å². The third-order valence-electron chi connectivity index (χ3n) is 3.09. The summed E-state index contributed by atoms with van der Waals surface area (Å²) >= 11 is 5.78. The standard InChI is InChI=1S/C17H16ClNO4/c1-11(16(20)19-13-9-7-12(18)8-10-13)23-17(21)14-5-3-4-6-15(14)22-2/h3-11H,1-2H3,(H,19,20)/t11-/m1/s1. The van der Waals surface area contributed by atoms with E-state index in [-0.39, 0.29) is 5.56 Å². The number of halogens is 1. The third-order valence-corrected chi connectivity index (χ3v) is 3.34. The average Bonchev–Trinajstić information content (AvgIpc) is 2.56. The summed E-state index contributed by atoms with van der Waals surface area (Å²) in [6.45, 7) is 1.50. The predicted octanol–water partition coefficient (Wildman–Crippen LogP) is 3.53. The molecule has 1 atom stereocenters. The van der Waals surface area contributed by atoms with Crippen molar-refractivity contribution in [2.45, 2.75) is 13.0 Å². The fourth-order valence-corrected chi connectivity index (χ4v) is 1.99. The minimum Gasteiger partial charge on any atom is -0.496 e. The minimum absolute atomic E-state index is 0.265. The molecule has 2 aromatic carbocycles. The molecule has 0 aliphatic heterocycles. The Labute approximate surface area is 139 Å². The van der Waals surface area contributed by atoms with Crippen LogP contribution in [-0.4, -0.2) is 25.1 Å². The Hall–Kier alpha value is -2.53. The van der Waals surface area contributed by atoms with Gasteiger partial charge in [-0.3, -0.25) is 4.79 Å². The van der Waals surface area contributed by atoms with E-state index >= 15 is 0 Å². The Morgan fingerprint density at radius 2 is 1.74 bits per heavy atom. The predicted molar refractivity (Wildman–Crippen MR) is 88.0 cm³/mol. The second-order valence-corrected chi connectivity index (χ2v) is 5.18. The van der Waals surface area contributed by atoms with Crippen molar-refractivity contribution in [3.05, 3.63) is 59.1 Å². The zero-order valence-corrected chi connectivity index (χ0v) is 13.5. The second-order valence-electron chi connectivity index (χ2n) is 4.74. The van der Waals surface area contributed by atoms with Crippen LogP contribution in [0.2, 0.25) is 5.02 Å². The highest BCUT2D eigenvalue weighted by Gasteiger charge is 2.21.